The van der Waals surface area contributed by atoms with Gasteiger partial charge in [0, 0.05) is 54.8 Å². The fourth-order valence-corrected chi connectivity index (χ4v) is 8.39. The SMILES string of the molecule is O=C1c2nc(OC[C@]34CCCN3[C@@H](CF)CC4)nc(N3C[C@H]4CC[C@@H](C3)N4)c2CCN1c1cc(O)cc2ccc(F)c(F)c12. The summed E-state index contributed by atoms with van der Waals surface area (Å²) in [5.41, 5.74) is 0.668. The number of fused-ring (bicyclic) bond motifs is 5. The second kappa shape index (κ2) is 10.5. The number of ether oxygens (including phenoxy) is 1. The van der Waals surface area contributed by atoms with Crippen molar-refractivity contribution in [2.45, 2.75) is 68.6 Å². The molecule has 6 heterocycles. The molecule has 4 atom stereocenters. The van der Waals surface area contributed by atoms with E-state index < -0.39 is 17.5 Å². The zero-order valence-corrected chi connectivity index (χ0v) is 24.4. The summed E-state index contributed by atoms with van der Waals surface area (Å²) >= 11 is 0. The van der Waals surface area contributed by atoms with E-state index in [1.807, 2.05) is 0 Å². The Bertz CT molecular complexity index is 1650. The smallest absolute Gasteiger partial charge is 0.319 e. The number of carbonyl (C=O) groups excluding carboxylic acids is 1. The standard InChI is InChI=1S/C32H35F3N6O3/c33-14-21-6-9-32(8-1-10-41(21)32)17-44-31-37-28-23(29(38-31)39-15-19-3-4-20(16-39)36-19)7-11-40(30(28)43)25-13-22(42)12-18-2-5-24(34)27(35)26(18)25/h2,5,12-13,19-21,36,42H,1,3-4,6-11,14-17H2/t19-,20+,21-,32-/m1/s1. The van der Waals surface area contributed by atoms with Crippen LogP contribution in [0.4, 0.5) is 24.7 Å². The van der Waals surface area contributed by atoms with Crippen LogP contribution >= 0.6 is 0 Å². The molecule has 3 aromatic rings. The second-order valence-electron chi connectivity index (χ2n) is 13.0. The van der Waals surface area contributed by atoms with E-state index in [1.165, 1.54) is 23.1 Å². The average molecular weight is 609 g/mol. The highest BCUT2D eigenvalue weighted by molar-refractivity contribution is 6.12. The lowest BCUT2D eigenvalue weighted by Crippen LogP contribution is -2.52. The van der Waals surface area contributed by atoms with Crippen LogP contribution in [-0.4, -0.2) is 89.0 Å². The minimum atomic E-state index is -1.08. The predicted molar refractivity (Wildman–Crippen MR) is 158 cm³/mol. The maximum absolute atomic E-state index is 15.1. The van der Waals surface area contributed by atoms with Gasteiger partial charge in [-0.2, -0.15) is 9.97 Å². The van der Waals surface area contributed by atoms with Crippen molar-refractivity contribution >= 4 is 28.2 Å². The Labute approximate surface area is 253 Å². The fraction of sp³-hybridized carbons (Fsp3) is 0.531. The van der Waals surface area contributed by atoms with Crippen LogP contribution in [0.25, 0.3) is 10.8 Å². The molecule has 1 amide bonds. The molecule has 4 fully saturated rings. The lowest BCUT2D eigenvalue weighted by atomic mass is 9.95. The number of hydrogen-bond acceptors (Lipinski definition) is 8. The van der Waals surface area contributed by atoms with E-state index in [4.69, 9.17) is 9.72 Å². The van der Waals surface area contributed by atoms with Gasteiger partial charge in [0.05, 0.1) is 11.2 Å². The number of rotatable bonds is 6. The number of benzene rings is 2. The fourth-order valence-electron chi connectivity index (χ4n) is 8.39. The van der Waals surface area contributed by atoms with Crippen LogP contribution in [0, 0.1) is 11.6 Å². The second-order valence-corrected chi connectivity index (χ2v) is 13.0. The number of alkyl halides is 1. The first-order chi connectivity index (χ1) is 21.3. The van der Waals surface area contributed by atoms with Gasteiger partial charge in [0.25, 0.3) is 5.91 Å². The molecule has 2 aromatic carbocycles. The minimum absolute atomic E-state index is 0.0758. The van der Waals surface area contributed by atoms with Gasteiger partial charge >= 0.3 is 6.01 Å². The maximum atomic E-state index is 15.1. The van der Waals surface area contributed by atoms with Gasteiger partial charge in [-0.1, -0.05) is 6.07 Å². The highest BCUT2D eigenvalue weighted by atomic mass is 19.2. The molecule has 9 nitrogen and oxygen atoms in total. The van der Waals surface area contributed by atoms with Gasteiger partial charge in [-0.05, 0) is 69.0 Å². The van der Waals surface area contributed by atoms with Crippen molar-refractivity contribution in [1.29, 1.82) is 0 Å². The number of phenols is 1. The minimum Gasteiger partial charge on any atom is -0.508 e. The molecule has 12 heteroatoms. The predicted octanol–water partition coefficient (Wildman–Crippen LogP) is 4.10. The van der Waals surface area contributed by atoms with Gasteiger partial charge in [0.2, 0.25) is 0 Å². The summed E-state index contributed by atoms with van der Waals surface area (Å²) in [7, 11) is 0. The molecule has 1 aromatic heterocycles. The molecule has 2 bridgehead atoms. The van der Waals surface area contributed by atoms with Crippen LogP contribution in [0.15, 0.2) is 24.3 Å². The van der Waals surface area contributed by atoms with E-state index in [1.54, 1.807) is 0 Å². The Hall–Kier alpha value is -3.64. The third-order valence-corrected chi connectivity index (χ3v) is 10.5. The van der Waals surface area contributed by atoms with Gasteiger partial charge in [-0.3, -0.25) is 9.69 Å². The van der Waals surface area contributed by atoms with Crippen LogP contribution in [0.1, 0.15) is 54.6 Å². The number of aromatic hydroxyl groups is 1. The first-order valence-corrected chi connectivity index (χ1v) is 15.6. The summed E-state index contributed by atoms with van der Waals surface area (Å²) in [4.78, 5) is 29.6. The number of nitrogens with one attached hydrogen (secondary N) is 1. The monoisotopic (exact) mass is 608 g/mol. The number of nitrogens with zero attached hydrogens (tertiary/aromatic N) is 5. The molecule has 0 unspecified atom stereocenters. The molecule has 44 heavy (non-hydrogen) atoms. The Morgan fingerprint density at radius 3 is 2.68 bits per heavy atom. The van der Waals surface area contributed by atoms with Crippen molar-refractivity contribution in [1.82, 2.24) is 20.2 Å². The van der Waals surface area contributed by atoms with E-state index in [2.05, 4.69) is 20.1 Å². The number of amides is 1. The van der Waals surface area contributed by atoms with Crippen LogP contribution in [0.2, 0.25) is 0 Å². The van der Waals surface area contributed by atoms with Gasteiger partial charge < -0.3 is 25.0 Å². The van der Waals surface area contributed by atoms with Crippen molar-refractivity contribution in [3.05, 3.63) is 47.2 Å². The van der Waals surface area contributed by atoms with Crippen LogP contribution in [0.5, 0.6) is 11.8 Å². The van der Waals surface area contributed by atoms with Crippen LogP contribution < -0.4 is 19.9 Å². The summed E-state index contributed by atoms with van der Waals surface area (Å²) in [5.74, 6) is -2.10. The van der Waals surface area contributed by atoms with Gasteiger partial charge in [-0.15, -0.1) is 0 Å². The third-order valence-electron chi connectivity index (χ3n) is 10.5. The molecule has 0 saturated carbocycles. The Morgan fingerprint density at radius 2 is 1.89 bits per heavy atom. The maximum Gasteiger partial charge on any atom is 0.319 e. The first kappa shape index (κ1) is 27.9. The summed E-state index contributed by atoms with van der Waals surface area (Å²) in [6, 6.07) is 5.66. The Kier molecular flexibility index (Phi) is 6.64. The Balaban J connectivity index is 1.18. The molecule has 5 aliphatic rings. The zero-order valence-electron chi connectivity index (χ0n) is 24.4. The van der Waals surface area contributed by atoms with Crippen LogP contribution in [0.3, 0.4) is 0 Å². The van der Waals surface area contributed by atoms with Crippen LogP contribution in [-0.2, 0) is 6.42 Å². The van der Waals surface area contributed by atoms with E-state index in [9.17, 15) is 18.7 Å². The van der Waals surface area contributed by atoms with E-state index in [0.29, 0.717) is 36.5 Å². The topological polar surface area (TPSA) is 94.1 Å². The van der Waals surface area contributed by atoms with Crippen molar-refractivity contribution < 1.29 is 27.8 Å². The van der Waals surface area contributed by atoms with E-state index in [-0.39, 0.29) is 58.7 Å². The van der Waals surface area contributed by atoms with Gasteiger partial charge in [0.15, 0.2) is 11.6 Å². The average Bonchev–Trinajstić information content (AvgIpc) is 3.70. The Morgan fingerprint density at radius 1 is 1.07 bits per heavy atom. The van der Waals surface area contributed by atoms with Crippen molar-refractivity contribution in [3.8, 4) is 11.8 Å². The molecule has 0 radical (unpaired) electrons. The quantitative estimate of drug-likeness (QED) is 0.432. The highest BCUT2D eigenvalue weighted by Crippen LogP contribution is 2.43. The summed E-state index contributed by atoms with van der Waals surface area (Å²) in [6.07, 6.45) is 6.03. The summed E-state index contributed by atoms with van der Waals surface area (Å²) in [5, 5.41) is 14.3. The molecule has 0 aliphatic carbocycles. The molecule has 8 rings (SSSR count). The number of aromatic nitrogens is 2. The van der Waals surface area contributed by atoms with E-state index >= 15 is 4.39 Å². The molecule has 5 aliphatic heterocycles. The number of halogens is 3. The zero-order chi connectivity index (χ0) is 30.2. The lowest BCUT2D eigenvalue weighted by molar-refractivity contribution is 0.0766. The van der Waals surface area contributed by atoms with Gasteiger partial charge in [0.1, 0.15) is 30.5 Å². The third kappa shape index (κ3) is 4.40. The molecule has 4 saturated heterocycles. The highest BCUT2D eigenvalue weighted by Gasteiger charge is 2.50. The first-order valence-electron chi connectivity index (χ1n) is 15.6. The number of carbonyl (C=O) groups is 1. The largest absolute Gasteiger partial charge is 0.508 e. The number of anilines is 2. The normalized spacial score (nSPS) is 28.2. The van der Waals surface area contributed by atoms with Gasteiger partial charge in [-0.25, -0.2) is 13.2 Å². The van der Waals surface area contributed by atoms with Crippen molar-refractivity contribution in [2.75, 3.05) is 49.3 Å². The number of piperazine rings is 1. The molecular weight excluding hydrogens is 573 g/mol. The van der Waals surface area contributed by atoms with Crippen molar-refractivity contribution in [3.63, 3.8) is 0 Å². The molecule has 232 valence electrons. The molecule has 2 N–H and O–H groups in total. The lowest BCUT2D eigenvalue weighted by Gasteiger charge is -2.37. The van der Waals surface area contributed by atoms with Crippen molar-refractivity contribution in [2.24, 2.45) is 0 Å². The van der Waals surface area contributed by atoms with E-state index in [0.717, 1.165) is 64.2 Å². The summed E-state index contributed by atoms with van der Waals surface area (Å²) in [6.45, 7) is 2.42. The number of hydrogen-bond donors (Lipinski definition) is 2. The molecule has 0 spiro atoms. The molecular formula is C32H35F3N6O3. The number of phenolic OH excluding ortho intramolecular Hbond substituents is 1. The summed E-state index contributed by atoms with van der Waals surface area (Å²) < 4.78 is 49.6.